The van der Waals surface area contributed by atoms with Crippen LogP contribution < -0.4 is 10.3 Å². The lowest BCUT2D eigenvalue weighted by Crippen LogP contribution is -2.53. The highest BCUT2D eigenvalue weighted by molar-refractivity contribution is 6.35. The third-order valence-electron chi connectivity index (χ3n) is 7.95. The van der Waals surface area contributed by atoms with Crippen LogP contribution >= 0.6 is 11.6 Å². The van der Waals surface area contributed by atoms with Crippen molar-refractivity contribution >= 4 is 44.7 Å². The van der Waals surface area contributed by atoms with E-state index in [0.717, 1.165) is 0 Å². The van der Waals surface area contributed by atoms with Gasteiger partial charge in [-0.15, -0.1) is 0 Å². The van der Waals surface area contributed by atoms with Crippen molar-refractivity contribution < 1.29 is 34.8 Å². The van der Waals surface area contributed by atoms with Crippen molar-refractivity contribution in [3.05, 3.63) is 67.1 Å². The quantitative estimate of drug-likeness (QED) is 0.245. The molecule has 2 aliphatic rings. The van der Waals surface area contributed by atoms with Crippen LogP contribution in [-0.4, -0.2) is 44.1 Å². The van der Waals surface area contributed by atoms with Crippen LogP contribution in [-0.2, 0) is 12.0 Å². The molecule has 0 saturated heterocycles. The number of aromatic hydroxyl groups is 3. The fraction of sp³-hybridized carbons (Fsp3) is 0.250. The number of H-pyrrole nitrogens is 1. The number of nitrogens with one attached hydrogen (secondary N) is 1. The Labute approximate surface area is 219 Å². The number of aromatic nitrogens is 1. The first-order valence-corrected chi connectivity index (χ1v) is 12.3. The molecule has 10 heteroatoms. The van der Waals surface area contributed by atoms with Crippen molar-refractivity contribution in [2.45, 2.75) is 32.3 Å². The summed E-state index contributed by atoms with van der Waals surface area (Å²) in [5, 5.41) is 44.3. The number of phenols is 3. The van der Waals surface area contributed by atoms with Gasteiger partial charge < -0.3 is 30.1 Å². The van der Waals surface area contributed by atoms with Gasteiger partial charge in [0.15, 0.2) is 11.4 Å². The summed E-state index contributed by atoms with van der Waals surface area (Å²) in [6.45, 7) is 3.22. The molecule has 3 aromatic carbocycles. The van der Waals surface area contributed by atoms with E-state index in [4.69, 9.17) is 16.3 Å². The molecule has 6 rings (SSSR count). The highest BCUT2D eigenvalue weighted by Crippen LogP contribution is 2.55. The number of ether oxygens (including phenoxy) is 1. The zero-order chi connectivity index (χ0) is 27.4. The van der Waals surface area contributed by atoms with Gasteiger partial charge in [-0.3, -0.25) is 14.4 Å². The van der Waals surface area contributed by atoms with Gasteiger partial charge in [-0.25, -0.2) is 0 Å². The highest BCUT2D eigenvalue weighted by atomic mass is 35.5. The Morgan fingerprint density at radius 2 is 1.74 bits per heavy atom. The molecule has 194 valence electrons. The van der Waals surface area contributed by atoms with E-state index in [1.54, 1.807) is 19.1 Å². The predicted molar refractivity (Wildman–Crippen MR) is 139 cm³/mol. The first-order chi connectivity index (χ1) is 17.9. The average molecular weight is 536 g/mol. The number of ketones is 2. The lowest BCUT2D eigenvalue weighted by atomic mass is 9.60. The van der Waals surface area contributed by atoms with E-state index in [-0.39, 0.29) is 50.6 Å². The van der Waals surface area contributed by atoms with Gasteiger partial charge >= 0.3 is 0 Å². The third-order valence-corrected chi connectivity index (χ3v) is 8.33. The summed E-state index contributed by atoms with van der Waals surface area (Å²) in [7, 11) is 1.32. The summed E-state index contributed by atoms with van der Waals surface area (Å²) in [6, 6.07) is 4.66. The molecule has 0 aliphatic heterocycles. The summed E-state index contributed by atoms with van der Waals surface area (Å²) in [5.74, 6) is -4.63. The second-order valence-electron chi connectivity index (χ2n) is 9.95. The van der Waals surface area contributed by atoms with Gasteiger partial charge in [-0.05, 0) is 60.7 Å². The van der Waals surface area contributed by atoms with Crippen LogP contribution in [0.3, 0.4) is 0 Å². The molecule has 2 atom stereocenters. The van der Waals surface area contributed by atoms with Gasteiger partial charge in [0.05, 0.1) is 29.4 Å². The molecule has 5 N–H and O–H groups in total. The Morgan fingerprint density at radius 3 is 2.42 bits per heavy atom. The summed E-state index contributed by atoms with van der Waals surface area (Å²) in [5.41, 5.74) is -2.05. The van der Waals surface area contributed by atoms with Gasteiger partial charge in [0.1, 0.15) is 28.0 Å². The van der Waals surface area contributed by atoms with Crippen LogP contribution in [0.25, 0.3) is 21.5 Å². The highest BCUT2D eigenvalue weighted by Gasteiger charge is 2.59. The van der Waals surface area contributed by atoms with Gasteiger partial charge in [-0.1, -0.05) is 17.7 Å². The molecular weight excluding hydrogens is 514 g/mol. The third kappa shape index (κ3) is 2.77. The summed E-state index contributed by atoms with van der Waals surface area (Å²) in [6.07, 6.45) is 0.385. The molecule has 1 heterocycles. The number of carbonyl (C=O) groups is 2. The number of rotatable bonds is 1. The number of aromatic amines is 1. The van der Waals surface area contributed by atoms with Gasteiger partial charge in [0.25, 0.3) is 5.56 Å². The molecule has 0 unspecified atom stereocenters. The largest absolute Gasteiger partial charge is 0.506 e. The summed E-state index contributed by atoms with van der Waals surface area (Å²) < 4.78 is 5.63. The van der Waals surface area contributed by atoms with Crippen LogP contribution in [0.4, 0.5) is 0 Å². The number of pyridine rings is 1. The molecule has 0 amide bonds. The molecule has 9 nitrogen and oxygen atoms in total. The molecule has 0 saturated carbocycles. The zero-order valence-electron chi connectivity index (χ0n) is 20.5. The number of carbonyl (C=O) groups excluding carboxylic acids is 2. The predicted octanol–water partition coefficient (Wildman–Crippen LogP) is 3.91. The van der Waals surface area contributed by atoms with Gasteiger partial charge in [-0.2, -0.15) is 0 Å². The molecule has 1 aromatic heterocycles. The monoisotopic (exact) mass is 535 g/mol. The van der Waals surface area contributed by atoms with Crippen LogP contribution in [0.5, 0.6) is 23.0 Å². The molecule has 0 spiro atoms. The summed E-state index contributed by atoms with van der Waals surface area (Å²) in [4.78, 5) is 43.8. The Bertz CT molecular complexity index is 1860. The molecule has 0 bridgehead atoms. The topological polar surface area (TPSA) is 157 Å². The Morgan fingerprint density at radius 1 is 1.03 bits per heavy atom. The number of Topliss-reactive ketones (excluding diaryl/α,β-unsaturated/α-hetero) is 2. The van der Waals surface area contributed by atoms with Crippen molar-refractivity contribution in [2.24, 2.45) is 5.92 Å². The average Bonchev–Trinajstić information content (AvgIpc) is 2.86. The van der Waals surface area contributed by atoms with E-state index >= 15 is 0 Å². The standard InChI is InChI=1S/C28H22ClNO8/c1-9-6-12-7-11-4-5-14-22(32)19-16(10(2)13-8-15(31)21(29)24(34)18(13)23(19)33)26(35)28(14,37)20(11)25(38-3)17(12)27(36)30-9/h6-8,14,31,33-34,37H,4-5H2,1-3H3,(H,30,36)/t14-,28-/m1/s1. The molecule has 0 radical (unpaired) electrons. The molecular formula is C28H22ClNO8. The van der Waals surface area contributed by atoms with E-state index in [0.29, 0.717) is 23.1 Å². The van der Waals surface area contributed by atoms with E-state index in [1.165, 1.54) is 20.1 Å². The van der Waals surface area contributed by atoms with Gasteiger partial charge in [0.2, 0.25) is 5.78 Å². The van der Waals surface area contributed by atoms with E-state index in [9.17, 15) is 34.8 Å². The Hall–Kier alpha value is -4.08. The summed E-state index contributed by atoms with van der Waals surface area (Å²) >= 11 is 5.98. The van der Waals surface area contributed by atoms with Crippen molar-refractivity contribution in [2.75, 3.05) is 7.11 Å². The number of aliphatic hydroxyl groups is 1. The second-order valence-corrected chi connectivity index (χ2v) is 10.3. The fourth-order valence-corrected chi connectivity index (χ4v) is 6.46. The number of hydrogen-bond acceptors (Lipinski definition) is 8. The van der Waals surface area contributed by atoms with E-state index < -0.39 is 50.9 Å². The minimum Gasteiger partial charge on any atom is -0.506 e. The van der Waals surface area contributed by atoms with Crippen LogP contribution in [0, 0.1) is 19.8 Å². The number of aryl methyl sites for hydroxylation is 3. The number of phenolic OH excluding ortho intramolecular Hbond substituents is 3. The number of fused-ring (bicyclic) bond motifs is 6. The smallest absolute Gasteiger partial charge is 0.259 e. The van der Waals surface area contributed by atoms with E-state index in [1.807, 2.05) is 0 Å². The normalized spacial score (nSPS) is 20.4. The minimum absolute atomic E-state index is 0.000264. The molecule has 4 aromatic rings. The number of methoxy groups -OCH3 is 1. The van der Waals surface area contributed by atoms with E-state index in [2.05, 4.69) is 4.98 Å². The molecule has 38 heavy (non-hydrogen) atoms. The number of halogens is 1. The zero-order valence-corrected chi connectivity index (χ0v) is 21.3. The fourth-order valence-electron chi connectivity index (χ4n) is 6.31. The first kappa shape index (κ1) is 24.3. The van der Waals surface area contributed by atoms with Crippen LogP contribution in [0.15, 0.2) is 23.0 Å². The van der Waals surface area contributed by atoms with Crippen molar-refractivity contribution in [1.82, 2.24) is 4.98 Å². The van der Waals surface area contributed by atoms with Crippen molar-refractivity contribution in [3.8, 4) is 23.0 Å². The number of hydrogen-bond donors (Lipinski definition) is 5. The van der Waals surface area contributed by atoms with Crippen molar-refractivity contribution in [3.63, 3.8) is 0 Å². The van der Waals surface area contributed by atoms with Crippen LogP contribution in [0.2, 0.25) is 5.02 Å². The van der Waals surface area contributed by atoms with Gasteiger partial charge in [0, 0.05) is 16.8 Å². The number of benzene rings is 3. The Kier molecular flexibility index (Phi) is 4.93. The SMILES string of the molecule is COc1c2c(cc3cc(C)[nH]c(=O)c13)CC[C@@H]1C(=O)c3c(c(C)c4cc(O)c(Cl)c(O)c4c3O)C(=O)[C@]21O. The maximum absolute atomic E-state index is 14.3. The molecule has 2 aliphatic carbocycles. The maximum Gasteiger partial charge on any atom is 0.259 e. The minimum atomic E-state index is -2.39. The van der Waals surface area contributed by atoms with Crippen molar-refractivity contribution in [1.29, 1.82) is 0 Å². The molecule has 0 fully saturated rings. The van der Waals surface area contributed by atoms with Crippen LogP contribution in [0.1, 0.15) is 49.5 Å². The Balaban J connectivity index is 1.74. The maximum atomic E-state index is 14.3. The second kappa shape index (κ2) is 7.72. The lowest BCUT2D eigenvalue weighted by Gasteiger charge is -2.44. The first-order valence-electron chi connectivity index (χ1n) is 11.9. The lowest BCUT2D eigenvalue weighted by molar-refractivity contribution is -0.0133.